The van der Waals surface area contributed by atoms with Crippen molar-refractivity contribution < 1.29 is 4.57 Å². The van der Waals surface area contributed by atoms with Crippen molar-refractivity contribution in [3.8, 4) is 0 Å². The lowest BCUT2D eigenvalue weighted by atomic mass is 9.97. The summed E-state index contributed by atoms with van der Waals surface area (Å²) in [5, 5.41) is 1.02. The van der Waals surface area contributed by atoms with Crippen LogP contribution in [0.15, 0.2) is 42.5 Å². The van der Waals surface area contributed by atoms with Gasteiger partial charge in [-0.3, -0.25) is 0 Å². The molecule has 3 aromatic rings. The van der Waals surface area contributed by atoms with E-state index >= 15 is 0 Å². The van der Waals surface area contributed by atoms with E-state index in [2.05, 4.69) is 39.8 Å². The molecule has 1 aliphatic rings. The lowest BCUT2D eigenvalue weighted by Gasteiger charge is -2.12. The van der Waals surface area contributed by atoms with Crippen molar-refractivity contribution in [2.45, 2.75) is 27.7 Å². The van der Waals surface area contributed by atoms with Gasteiger partial charge in [0.2, 0.25) is 0 Å². The van der Waals surface area contributed by atoms with E-state index in [1.165, 1.54) is 41.8 Å². The SMILES string of the molecule is Cc1cc(C2=C(c3cc(C)sc3C)CP(=O)(c3ccccc3)C2)c(C)s1. The Hall–Kier alpha value is -1.41. The van der Waals surface area contributed by atoms with Gasteiger partial charge in [0.25, 0.3) is 0 Å². The molecule has 0 bridgehead atoms. The van der Waals surface area contributed by atoms with Crippen LogP contribution in [0.1, 0.15) is 30.6 Å². The van der Waals surface area contributed by atoms with Crippen LogP contribution in [-0.2, 0) is 4.57 Å². The Bertz CT molecular complexity index is 991. The molecule has 0 amide bonds. The zero-order valence-electron chi connectivity index (χ0n) is 15.6. The van der Waals surface area contributed by atoms with Crippen molar-refractivity contribution in [3.05, 3.63) is 73.1 Å². The fourth-order valence-corrected chi connectivity index (χ4v) is 8.84. The first-order chi connectivity index (χ1) is 12.4. The number of benzene rings is 1. The van der Waals surface area contributed by atoms with Crippen LogP contribution in [0.2, 0.25) is 0 Å². The third-order valence-corrected chi connectivity index (χ3v) is 9.98. The van der Waals surface area contributed by atoms with E-state index in [0.717, 1.165) is 5.30 Å². The predicted octanol–water partition coefficient (Wildman–Crippen LogP) is 6.66. The molecule has 1 nitrogen and oxygen atoms in total. The van der Waals surface area contributed by atoms with Gasteiger partial charge in [-0.2, -0.15) is 0 Å². The van der Waals surface area contributed by atoms with Gasteiger partial charge in [0.1, 0.15) is 7.14 Å². The molecule has 1 aromatic carbocycles. The quantitative estimate of drug-likeness (QED) is 0.451. The molecular formula is C22H23OPS2. The highest BCUT2D eigenvalue weighted by Gasteiger charge is 2.37. The molecular weight excluding hydrogens is 375 g/mol. The Labute approximate surface area is 163 Å². The van der Waals surface area contributed by atoms with Crippen LogP contribution < -0.4 is 5.30 Å². The summed E-state index contributed by atoms with van der Waals surface area (Å²) in [6.45, 7) is 8.70. The van der Waals surface area contributed by atoms with E-state index in [-0.39, 0.29) is 0 Å². The van der Waals surface area contributed by atoms with Gasteiger partial charge in [-0.15, -0.1) is 22.7 Å². The number of aryl methyl sites for hydroxylation is 4. The van der Waals surface area contributed by atoms with Crippen LogP contribution in [0.5, 0.6) is 0 Å². The van der Waals surface area contributed by atoms with Gasteiger partial charge in [0.15, 0.2) is 0 Å². The standard InChI is InChI=1S/C22H23OPS2/c1-14-10-19(16(3)25-14)21-12-24(23,18-8-6-5-7-9-18)13-22(21)20-11-15(2)26-17(20)4/h5-11H,12-13H2,1-4H3. The number of hydrogen-bond donors (Lipinski definition) is 0. The van der Waals surface area contributed by atoms with Crippen molar-refractivity contribution in [2.24, 2.45) is 0 Å². The first-order valence-electron chi connectivity index (χ1n) is 8.88. The van der Waals surface area contributed by atoms with E-state index < -0.39 is 7.14 Å². The summed E-state index contributed by atoms with van der Waals surface area (Å²) in [4.78, 5) is 5.32. The number of thiophene rings is 2. The summed E-state index contributed by atoms with van der Waals surface area (Å²) in [6.07, 6.45) is 1.36. The monoisotopic (exact) mass is 398 g/mol. The smallest absolute Gasteiger partial charge is 0.124 e. The molecule has 134 valence electrons. The van der Waals surface area contributed by atoms with Crippen LogP contribution >= 0.6 is 29.8 Å². The molecule has 4 heteroatoms. The minimum Gasteiger partial charge on any atom is -0.318 e. The van der Waals surface area contributed by atoms with E-state index in [1.54, 1.807) is 0 Å². The van der Waals surface area contributed by atoms with Gasteiger partial charge in [-0.1, -0.05) is 30.3 Å². The van der Waals surface area contributed by atoms with Gasteiger partial charge in [0.05, 0.1) is 0 Å². The molecule has 26 heavy (non-hydrogen) atoms. The van der Waals surface area contributed by atoms with Gasteiger partial charge < -0.3 is 4.57 Å². The maximum atomic E-state index is 14.0. The minimum absolute atomic E-state index is 0.678. The number of rotatable bonds is 3. The second-order valence-corrected chi connectivity index (χ2v) is 13.0. The molecule has 3 heterocycles. The minimum atomic E-state index is -2.45. The van der Waals surface area contributed by atoms with Gasteiger partial charge in [0, 0.05) is 37.1 Å². The fraction of sp³-hybridized carbons (Fsp3) is 0.273. The van der Waals surface area contributed by atoms with Crippen molar-refractivity contribution in [1.29, 1.82) is 0 Å². The third-order valence-electron chi connectivity index (χ3n) is 5.15. The molecule has 0 aliphatic carbocycles. The molecule has 0 saturated heterocycles. The van der Waals surface area contributed by atoms with Gasteiger partial charge in [-0.05, 0) is 62.1 Å². The van der Waals surface area contributed by atoms with Crippen molar-refractivity contribution in [3.63, 3.8) is 0 Å². The second-order valence-electron chi connectivity index (χ2n) is 7.15. The normalized spacial score (nSPS) is 16.5. The van der Waals surface area contributed by atoms with E-state index in [0.29, 0.717) is 12.3 Å². The molecule has 1 aliphatic heterocycles. The molecule has 0 atom stereocenters. The summed E-state index contributed by atoms with van der Waals surface area (Å²) >= 11 is 3.67. The second kappa shape index (κ2) is 6.64. The maximum absolute atomic E-state index is 14.0. The molecule has 0 N–H and O–H groups in total. The lowest BCUT2D eigenvalue weighted by molar-refractivity contribution is 0.586. The van der Waals surface area contributed by atoms with Crippen LogP contribution in [0.25, 0.3) is 11.1 Å². The summed E-state index contributed by atoms with van der Waals surface area (Å²) in [5.41, 5.74) is 5.22. The van der Waals surface area contributed by atoms with Gasteiger partial charge in [-0.25, -0.2) is 0 Å². The Morgan fingerprint density at radius 3 is 1.62 bits per heavy atom. The summed E-state index contributed by atoms with van der Waals surface area (Å²) < 4.78 is 14.0. The largest absolute Gasteiger partial charge is 0.318 e. The lowest BCUT2D eigenvalue weighted by Crippen LogP contribution is -2.06. The van der Waals surface area contributed by atoms with Crippen LogP contribution in [0.3, 0.4) is 0 Å². The van der Waals surface area contributed by atoms with Crippen molar-refractivity contribution in [2.75, 3.05) is 12.3 Å². The molecule has 0 saturated carbocycles. The first kappa shape index (κ1) is 18.0. The molecule has 0 fully saturated rings. The van der Waals surface area contributed by atoms with E-state index in [9.17, 15) is 4.57 Å². The Balaban J connectivity index is 1.89. The van der Waals surface area contributed by atoms with Crippen molar-refractivity contribution in [1.82, 2.24) is 0 Å². The highest BCUT2D eigenvalue weighted by molar-refractivity contribution is 7.73. The molecule has 0 radical (unpaired) electrons. The highest BCUT2D eigenvalue weighted by Crippen LogP contribution is 2.59. The van der Waals surface area contributed by atoms with Crippen LogP contribution in [0.4, 0.5) is 0 Å². The molecule has 4 rings (SSSR count). The first-order valence-corrected chi connectivity index (χ1v) is 12.6. The van der Waals surface area contributed by atoms with Crippen LogP contribution in [0, 0.1) is 27.7 Å². The van der Waals surface area contributed by atoms with Crippen LogP contribution in [-0.4, -0.2) is 12.3 Å². The summed E-state index contributed by atoms with van der Waals surface area (Å²) in [6, 6.07) is 14.7. The van der Waals surface area contributed by atoms with Crippen molar-refractivity contribution >= 4 is 46.3 Å². The van der Waals surface area contributed by atoms with E-state index in [4.69, 9.17) is 0 Å². The predicted molar refractivity (Wildman–Crippen MR) is 118 cm³/mol. The number of hydrogen-bond acceptors (Lipinski definition) is 3. The molecule has 0 unspecified atom stereocenters. The fourth-order valence-electron chi connectivity index (χ4n) is 4.00. The Morgan fingerprint density at radius 2 is 1.23 bits per heavy atom. The highest BCUT2D eigenvalue weighted by atomic mass is 32.1. The zero-order valence-corrected chi connectivity index (χ0v) is 18.2. The zero-order chi connectivity index (χ0) is 18.5. The number of allylic oxidation sites excluding steroid dienone is 2. The topological polar surface area (TPSA) is 17.1 Å². The molecule has 0 spiro atoms. The summed E-state index contributed by atoms with van der Waals surface area (Å²) in [5.74, 6) is 0. The van der Waals surface area contributed by atoms with Gasteiger partial charge >= 0.3 is 0 Å². The average Bonchev–Trinajstić information content (AvgIpc) is 3.23. The third kappa shape index (κ3) is 3.07. The molecule has 2 aromatic heterocycles. The Morgan fingerprint density at radius 1 is 0.769 bits per heavy atom. The Kier molecular flexibility index (Phi) is 4.59. The average molecular weight is 399 g/mol. The summed E-state index contributed by atoms with van der Waals surface area (Å²) in [7, 11) is -2.45. The maximum Gasteiger partial charge on any atom is 0.124 e. The van der Waals surface area contributed by atoms with E-state index in [1.807, 2.05) is 53.0 Å².